The second-order valence-electron chi connectivity index (χ2n) is 4.57. The summed E-state index contributed by atoms with van der Waals surface area (Å²) >= 11 is 0. The number of carboxylic acids is 2. The number of rotatable bonds is 8. The molecule has 0 bridgehead atoms. The van der Waals surface area contributed by atoms with Crippen LogP contribution in [0.25, 0.3) is 0 Å². The highest BCUT2D eigenvalue weighted by Crippen LogP contribution is 1.87. The standard InChI is InChI=1S/C9H17NO2.2C4H6O2/c1-4-9(11)12-8-7-10(5-2)6-3;2*1-3(2)4(5)6/h4H,1,5-8H2,2-3H3;2*1H2,2H3,(H,5,6). The molecule has 0 saturated heterocycles. The first-order valence-electron chi connectivity index (χ1n) is 7.32. The Labute approximate surface area is 143 Å². The molecule has 0 aromatic rings. The first kappa shape index (κ1) is 26.5. The number of aliphatic carboxylic acids is 2. The Morgan fingerprint density at radius 2 is 1.33 bits per heavy atom. The average Bonchev–Trinajstić information content (AvgIpc) is 2.52. The van der Waals surface area contributed by atoms with Gasteiger partial charge in [-0.1, -0.05) is 33.6 Å². The number of ether oxygens (including phenoxy) is 1. The van der Waals surface area contributed by atoms with E-state index >= 15 is 0 Å². The third kappa shape index (κ3) is 21.9. The average molecular weight is 343 g/mol. The molecule has 7 heteroatoms. The van der Waals surface area contributed by atoms with E-state index in [4.69, 9.17) is 14.9 Å². The molecule has 0 rings (SSSR count). The Morgan fingerprint density at radius 1 is 1.00 bits per heavy atom. The minimum absolute atomic E-state index is 0.176. The summed E-state index contributed by atoms with van der Waals surface area (Å²) < 4.78 is 4.83. The summed E-state index contributed by atoms with van der Waals surface area (Å²) in [7, 11) is 0. The van der Waals surface area contributed by atoms with Crippen LogP contribution in [0.2, 0.25) is 0 Å². The molecular formula is C17H29NO6. The van der Waals surface area contributed by atoms with Gasteiger partial charge in [0.25, 0.3) is 0 Å². The lowest BCUT2D eigenvalue weighted by atomic mass is 10.4. The van der Waals surface area contributed by atoms with Gasteiger partial charge in [-0.3, -0.25) is 0 Å². The molecule has 0 amide bonds. The second-order valence-corrected chi connectivity index (χ2v) is 4.57. The second kappa shape index (κ2) is 17.0. The molecule has 0 fully saturated rings. The quantitative estimate of drug-likeness (QED) is 0.515. The number of hydrogen-bond acceptors (Lipinski definition) is 5. The zero-order valence-corrected chi connectivity index (χ0v) is 15.0. The first-order valence-corrected chi connectivity index (χ1v) is 7.32. The zero-order chi connectivity index (χ0) is 19.7. The maximum atomic E-state index is 10.6. The molecule has 0 aliphatic heterocycles. The highest BCUT2D eigenvalue weighted by Gasteiger charge is 2.00. The highest BCUT2D eigenvalue weighted by atomic mass is 16.5. The number of likely N-dealkylation sites (N-methyl/N-ethyl adjacent to an activating group) is 1. The zero-order valence-electron chi connectivity index (χ0n) is 15.0. The highest BCUT2D eigenvalue weighted by molar-refractivity contribution is 5.85. The molecule has 0 aliphatic carbocycles. The summed E-state index contributed by atoms with van der Waals surface area (Å²) in [4.78, 5) is 32.0. The summed E-state index contributed by atoms with van der Waals surface area (Å²) in [6, 6.07) is 0. The van der Waals surface area contributed by atoms with Crippen LogP contribution in [0.3, 0.4) is 0 Å². The smallest absolute Gasteiger partial charge is 0.330 e. The topological polar surface area (TPSA) is 104 Å². The Bertz CT molecular complexity index is 390. The fourth-order valence-corrected chi connectivity index (χ4v) is 0.874. The van der Waals surface area contributed by atoms with Crippen molar-refractivity contribution in [2.75, 3.05) is 26.2 Å². The van der Waals surface area contributed by atoms with Crippen LogP contribution < -0.4 is 0 Å². The maximum Gasteiger partial charge on any atom is 0.330 e. The van der Waals surface area contributed by atoms with Crippen molar-refractivity contribution in [3.05, 3.63) is 37.0 Å². The fourth-order valence-electron chi connectivity index (χ4n) is 0.874. The number of nitrogens with zero attached hydrogens (tertiary/aromatic N) is 1. The summed E-state index contributed by atoms with van der Waals surface area (Å²) in [5, 5.41) is 15.8. The number of carboxylic acid groups (broad SMARTS) is 2. The Hall–Kier alpha value is -2.41. The largest absolute Gasteiger partial charge is 0.478 e. The van der Waals surface area contributed by atoms with Crippen LogP contribution >= 0.6 is 0 Å². The fraction of sp³-hybridized carbons (Fsp3) is 0.471. The monoisotopic (exact) mass is 343 g/mol. The molecule has 24 heavy (non-hydrogen) atoms. The van der Waals surface area contributed by atoms with Crippen LogP contribution in [0.1, 0.15) is 27.7 Å². The van der Waals surface area contributed by atoms with Gasteiger partial charge in [-0.2, -0.15) is 0 Å². The van der Waals surface area contributed by atoms with Crippen LogP contribution in [-0.4, -0.2) is 59.3 Å². The minimum Gasteiger partial charge on any atom is -0.478 e. The molecule has 0 unspecified atom stereocenters. The van der Waals surface area contributed by atoms with E-state index in [0.29, 0.717) is 6.61 Å². The molecular weight excluding hydrogens is 314 g/mol. The predicted octanol–water partition coefficient (Wildman–Crippen LogP) is 2.35. The van der Waals surface area contributed by atoms with E-state index in [1.54, 1.807) is 0 Å². The van der Waals surface area contributed by atoms with Crippen LogP contribution in [0, 0.1) is 0 Å². The van der Waals surface area contributed by atoms with Crippen molar-refractivity contribution >= 4 is 17.9 Å². The molecule has 0 aromatic carbocycles. The molecule has 0 radical (unpaired) electrons. The van der Waals surface area contributed by atoms with Gasteiger partial charge in [0.2, 0.25) is 0 Å². The van der Waals surface area contributed by atoms with Crippen LogP contribution in [-0.2, 0) is 19.1 Å². The van der Waals surface area contributed by atoms with Gasteiger partial charge in [0.05, 0.1) is 0 Å². The Balaban J connectivity index is -0.000000309. The number of esters is 1. The SMILES string of the molecule is C=C(C)C(=O)O.C=C(C)C(=O)O.C=CC(=O)OCCN(CC)CC. The lowest BCUT2D eigenvalue weighted by Crippen LogP contribution is -2.27. The van der Waals surface area contributed by atoms with Gasteiger partial charge in [-0.15, -0.1) is 0 Å². The van der Waals surface area contributed by atoms with E-state index in [-0.39, 0.29) is 17.1 Å². The molecule has 0 spiro atoms. The van der Waals surface area contributed by atoms with Crippen molar-refractivity contribution < 1.29 is 29.3 Å². The third-order valence-electron chi connectivity index (χ3n) is 2.44. The van der Waals surface area contributed by atoms with Crippen molar-refractivity contribution in [3.63, 3.8) is 0 Å². The normalized spacial score (nSPS) is 8.71. The lowest BCUT2D eigenvalue weighted by Gasteiger charge is -2.16. The van der Waals surface area contributed by atoms with Gasteiger partial charge in [-0.05, 0) is 26.9 Å². The van der Waals surface area contributed by atoms with Gasteiger partial charge in [0, 0.05) is 23.8 Å². The van der Waals surface area contributed by atoms with E-state index in [1.807, 2.05) is 0 Å². The van der Waals surface area contributed by atoms with Gasteiger partial charge in [0.1, 0.15) is 6.61 Å². The van der Waals surface area contributed by atoms with Crippen LogP contribution in [0.15, 0.2) is 37.0 Å². The molecule has 7 nitrogen and oxygen atoms in total. The molecule has 2 N–H and O–H groups in total. The summed E-state index contributed by atoms with van der Waals surface area (Å²) in [5.74, 6) is -2.22. The van der Waals surface area contributed by atoms with Gasteiger partial charge < -0.3 is 19.8 Å². The van der Waals surface area contributed by atoms with E-state index in [9.17, 15) is 14.4 Å². The Morgan fingerprint density at radius 3 is 1.54 bits per heavy atom. The lowest BCUT2D eigenvalue weighted by molar-refractivity contribution is -0.138. The number of hydrogen-bond donors (Lipinski definition) is 2. The summed E-state index contributed by atoms with van der Waals surface area (Å²) in [5.41, 5.74) is 0.352. The molecule has 0 aliphatic rings. The van der Waals surface area contributed by atoms with E-state index < -0.39 is 11.9 Å². The van der Waals surface area contributed by atoms with Crippen molar-refractivity contribution in [2.45, 2.75) is 27.7 Å². The number of carbonyl (C=O) groups is 3. The van der Waals surface area contributed by atoms with Crippen molar-refractivity contribution in [2.24, 2.45) is 0 Å². The molecule has 138 valence electrons. The number of carbonyl (C=O) groups excluding carboxylic acids is 1. The molecule has 0 atom stereocenters. The molecule has 0 heterocycles. The van der Waals surface area contributed by atoms with Crippen molar-refractivity contribution in [3.8, 4) is 0 Å². The van der Waals surface area contributed by atoms with Crippen LogP contribution in [0.5, 0.6) is 0 Å². The van der Waals surface area contributed by atoms with E-state index in [2.05, 4.69) is 38.5 Å². The van der Waals surface area contributed by atoms with Gasteiger partial charge in [0.15, 0.2) is 0 Å². The third-order valence-corrected chi connectivity index (χ3v) is 2.44. The van der Waals surface area contributed by atoms with E-state index in [0.717, 1.165) is 19.6 Å². The van der Waals surface area contributed by atoms with Gasteiger partial charge >= 0.3 is 17.9 Å². The summed E-state index contributed by atoms with van der Waals surface area (Å²) in [6.07, 6.45) is 1.18. The predicted molar refractivity (Wildman–Crippen MR) is 93.8 cm³/mol. The molecule has 0 saturated carbocycles. The van der Waals surface area contributed by atoms with Crippen molar-refractivity contribution in [1.29, 1.82) is 0 Å². The first-order chi connectivity index (χ1) is 11.0. The minimum atomic E-state index is -0.935. The summed E-state index contributed by atoms with van der Waals surface area (Å²) in [6.45, 7) is 19.9. The maximum absolute atomic E-state index is 10.6. The van der Waals surface area contributed by atoms with Crippen LogP contribution in [0.4, 0.5) is 0 Å². The Kier molecular flexibility index (Phi) is 18.7. The molecule has 0 aromatic heterocycles. The van der Waals surface area contributed by atoms with Gasteiger partial charge in [-0.25, -0.2) is 14.4 Å². The van der Waals surface area contributed by atoms with Crippen molar-refractivity contribution in [1.82, 2.24) is 4.90 Å². The van der Waals surface area contributed by atoms with E-state index in [1.165, 1.54) is 19.9 Å².